The molecule has 0 saturated heterocycles. The number of amides is 2. The number of nitrogens with one attached hydrogen (secondary N) is 3. The molecule has 0 spiro atoms. The lowest BCUT2D eigenvalue weighted by Gasteiger charge is -2.14. The second-order valence-electron chi connectivity index (χ2n) is 6.69. The van der Waals surface area contributed by atoms with E-state index in [0.29, 0.717) is 11.4 Å². The van der Waals surface area contributed by atoms with E-state index in [-0.39, 0.29) is 16.6 Å². The third-order valence-corrected chi connectivity index (χ3v) is 5.56. The maximum Gasteiger partial charge on any atom is 0.241 e. The standard InChI is InChI=1S/C20H25N3O5S/c1-12-8-13(2)20(14(3)9-12)23-19(25)11-21-29(26,27)16-6-7-17(22-15(4)24)18(10-16)28-5/h6-10,21H,11H2,1-5H3,(H,22,24)(H,23,25). The molecule has 9 heteroatoms. The number of ether oxygens (including phenoxy) is 1. The quantitative estimate of drug-likeness (QED) is 0.638. The van der Waals surface area contributed by atoms with Gasteiger partial charge in [-0.05, 0) is 44.0 Å². The van der Waals surface area contributed by atoms with Crippen LogP contribution in [-0.2, 0) is 19.6 Å². The number of hydrogen-bond acceptors (Lipinski definition) is 5. The number of carbonyl (C=O) groups excluding carboxylic acids is 2. The number of methoxy groups -OCH3 is 1. The summed E-state index contributed by atoms with van der Waals surface area (Å²) >= 11 is 0. The highest BCUT2D eigenvalue weighted by atomic mass is 32.2. The maximum atomic E-state index is 12.5. The first-order valence-corrected chi connectivity index (χ1v) is 10.3. The first-order valence-electron chi connectivity index (χ1n) is 8.86. The first kappa shape index (κ1) is 22.4. The number of anilines is 2. The summed E-state index contributed by atoms with van der Waals surface area (Å²) < 4.78 is 32.5. The largest absolute Gasteiger partial charge is 0.495 e. The minimum absolute atomic E-state index is 0.0843. The molecule has 0 aliphatic rings. The molecule has 8 nitrogen and oxygen atoms in total. The number of benzene rings is 2. The van der Waals surface area contributed by atoms with E-state index in [2.05, 4.69) is 15.4 Å². The van der Waals surface area contributed by atoms with Gasteiger partial charge in [0.25, 0.3) is 0 Å². The van der Waals surface area contributed by atoms with Gasteiger partial charge in [-0.15, -0.1) is 0 Å². The summed E-state index contributed by atoms with van der Waals surface area (Å²) in [7, 11) is -2.59. The van der Waals surface area contributed by atoms with Gasteiger partial charge in [0.1, 0.15) is 5.75 Å². The van der Waals surface area contributed by atoms with Crippen LogP contribution < -0.4 is 20.1 Å². The van der Waals surface area contributed by atoms with E-state index >= 15 is 0 Å². The van der Waals surface area contributed by atoms with Gasteiger partial charge in [0.05, 0.1) is 24.2 Å². The average Bonchev–Trinajstić information content (AvgIpc) is 2.62. The SMILES string of the molecule is COc1cc(S(=O)(=O)NCC(=O)Nc2c(C)cc(C)cc2C)ccc1NC(C)=O. The molecular formula is C20H25N3O5S. The third kappa shape index (κ3) is 5.78. The molecule has 0 bridgehead atoms. The molecule has 3 N–H and O–H groups in total. The zero-order chi connectivity index (χ0) is 21.8. The monoisotopic (exact) mass is 419 g/mol. The molecule has 0 atom stereocenters. The fourth-order valence-corrected chi connectivity index (χ4v) is 3.93. The molecule has 0 saturated carbocycles. The van der Waals surface area contributed by atoms with Crippen LogP contribution in [0.15, 0.2) is 35.2 Å². The van der Waals surface area contributed by atoms with E-state index in [1.165, 1.54) is 32.2 Å². The molecule has 2 aromatic carbocycles. The molecule has 2 amide bonds. The lowest BCUT2D eigenvalue weighted by Crippen LogP contribution is -2.33. The van der Waals surface area contributed by atoms with Gasteiger partial charge in [-0.25, -0.2) is 13.1 Å². The van der Waals surface area contributed by atoms with E-state index in [1.807, 2.05) is 32.9 Å². The van der Waals surface area contributed by atoms with Crippen LogP contribution in [0.25, 0.3) is 0 Å². The predicted octanol–water partition coefficient (Wildman–Crippen LogP) is 2.50. The van der Waals surface area contributed by atoms with Crippen LogP contribution in [0.3, 0.4) is 0 Å². The van der Waals surface area contributed by atoms with Crippen molar-refractivity contribution in [3.05, 3.63) is 47.0 Å². The normalized spacial score (nSPS) is 11.1. The maximum absolute atomic E-state index is 12.5. The van der Waals surface area contributed by atoms with Gasteiger partial charge >= 0.3 is 0 Å². The highest BCUT2D eigenvalue weighted by Gasteiger charge is 2.19. The number of sulfonamides is 1. The molecule has 2 rings (SSSR count). The molecule has 29 heavy (non-hydrogen) atoms. The third-order valence-electron chi connectivity index (χ3n) is 4.16. The van der Waals surface area contributed by atoms with Gasteiger partial charge in [-0.1, -0.05) is 17.7 Å². The van der Waals surface area contributed by atoms with Crippen molar-refractivity contribution in [1.29, 1.82) is 0 Å². The van der Waals surface area contributed by atoms with Gasteiger partial charge in [0.2, 0.25) is 21.8 Å². The summed E-state index contributed by atoms with van der Waals surface area (Å²) in [5.41, 5.74) is 3.90. The molecule has 0 aliphatic carbocycles. The summed E-state index contributed by atoms with van der Waals surface area (Å²) in [6.45, 7) is 6.63. The lowest BCUT2D eigenvalue weighted by atomic mass is 10.1. The Labute approximate surface area is 170 Å². The van der Waals surface area contributed by atoms with Crippen molar-refractivity contribution in [2.24, 2.45) is 0 Å². The summed E-state index contributed by atoms with van der Waals surface area (Å²) in [5.74, 6) is -0.598. The minimum Gasteiger partial charge on any atom is -0.495 e. The van der Waals surface area contributed by atoms with E-state index in [1.54, 1.807) is 0 Å². The number of aryl methyl sites for hydroxylation is 3. The van der Waals surface area contributed by atoms with Crippen molar-refractivity contribution >= 4 is 33.2 Å². The zero-order valence-corrected chi connectivity index (χ0v) is 17.9. The van der Waals surface area contributed by atoms with E-state index < -0.39 is 22.5 Å². The molecule has 0 radical (unpaired) electrons. The van der Waals surface area contributed by atoms with E-state index in [0.717, 1.165) is 16.7 Å². The Morgan fingerprint density at radius 3 is 2.17 bits per heavy atom. The van der Waals surface area contributed by atoms with Gasteiger partial charge in [-0.2, -0.15) is 0 Å². The number of carbonyl (C=O) groups is 2. The Morgan fingerprint density at radius 2 is 1.62 bits per heavy atom. The van der Waals surface area contributed by atoms with Crippen LogP contribution in [0, 0.1) is 20.8 Å². The van der Waals surface area contributed by atoms with Crippen molar-refractivity contribution in [3.63, 3.8) is 0 Å². The van der Waals surface area contributed by atoms with Crippen LogP contribution in [0.5, 0.6) is 5.75 Å². The number of rotatable bonds is 7. The summed E-state index contributed by atoms with van der Waals surface area (Å²) in [4.78, 5) is 23.4. The molecule has 0 aliphatic heterocycles. The summed E-state index contributed by atoms with van der Waals surface area (Å²) in [5, 5.41) is 5.30. The smallest absolute Gasteiger partial charge is 0.241 e. The molecule has 0 fully saturated rings. The lowest BCUT2D eigenvalue weighted by molar-refractivity contribution is -0.115. The Kier molecular flexibility index (Phi) is 6.99. The van der Waals surface area contributed by atoms with Crippen molar-refractivity contribution in [2.45, 2.75) is 32.6 Å². The van der Waals surface area contributed by atoms with Gasteiger partial charge in [-0.3, -0.25) is 9.59 Å². The van der Waals surface area contributed by atoms with Crippen molar-refractivity contribution < 1.29 is 22.7 Å². The van der Waals surface area contributed by atoms with Crippen molar-refractivity contribution in [2.75, 3.05) is 24.3 Å². The molecule has 156 valence electrons. The Morgan fingerprint density at radius 1 is 1.00 bits per heavy atom. The van der Waals surface area contributed by atoms with Crippen LogP contribution in [0.4, 0.5) is 11.4 Å². The van der Waals surface area contributed by atoms with Gasteiger partial charge in [0, 0.05) is 18.7 Å². The highest BCUT2D eigenvalue weighted by molar-refractivity contribution is 7.89. The van der Waals surface area contributed by atoms with Crippen molar-refractivity contribution in [1.82, 2.24) is 4.72 Å². The summed E-state index contributed by atoms with van der Waals surface area (Å²) in [6.07, 6.45) is 0. The molecule has 0 unspecified atom stereocenters. The zero-order valence-electron chi connectivity index (χ0n) is 17.0. The summed E-state index contributed by atoms with van der Waals surface area (Å²) in [6, 6.07) is 7.90. The molecular weight excluding hydrogens is 394 g/mol. The van der Waals surface area contributed by atoms with E-state index in [4.69, 9.17) is 4.74 Å². The van der Waals surface area contributed by atoms with Crippen LogP contribution in [-0.4, -0.2) is 33.9 Å². The minimum atomic E-state index is -3.96. The van der Waals surface area contributed by atoms with Gasteiger partial charge in [0.15, 0.2) is 0 Å². The average molecular weight is 420 g/mol. The van der Waals surface area contributed by atoms with Crippen LogP contribution >= 0.6 is 0 Å². The number of hydrogen-bond donors (Lipinski definition) is 3. The van der Waals surface area contributed by atoms with Crippen LogP contribution in [0.2, 0.25) is 0 Å². The second-order valence-corrected chi connectivity index (χ2v) is 8.46. The van der Waals surface area contributed by atoms with Crippen LogP contribution in [0.1, 0.15) is 23.6 Å². The Balaban J connectivity index is 2.12. The fourth-order valence-electron chi connectivity index (χ4n) is 2.94. The molecule has 0 heterocycles. The Hall–Kier alpha value is -2.91. The molecule has 2 aromatic rings. The van der Waals surface area contributed by atoms with E-state index in [9.17, 15) is 18.0 Å². The Bertz CT molecular complexity index is 1030. The topological polar surface area (TPSA) is 114 Å². The second kappa shape index (κ2) is 9.06. The predicted molar refractivity (Wildman–Crippen MR) is 112 cm³/mol. The van der Waals surface area contributed by atoms with Crippen molar-refractivity contribution in [3.8, 4) is 5.75 Å². The molecule has 0 aromatic heterocycles. The fraction of sp³-hybridized carbons (Fsp3) is 0.300. The highest BCUT2D eigenvalue weighted by Crippen LogP contribution is 2.27. The van der Waals surface area contributed by atoms with Gasteiger partial charge < -0.3 is 15.4 Å². The first-order chi connectivity index (χ1) is 13.5.